The molecule has 0 amide bonds. The molecule has 0 saturated carbocycles. The Labute approximate surface area is 56.9 Å². The highest BCUT2D eigenvalue weighted by Crippen LogP contribution is 1.81. The average molecular weight is 130 g/mol. The topological polar surface area (TPSA) is 24.4 Å². The highest BCUT2D eigenvalue weighted by Gasteiger charge is 2.04. The van der Waals surface area contributed by atoms with Gasteiger partial charge in [0, 0.05) is 7.05 Å². The van der Waals surface area contributed by atoms with E-state index in [1.54, 1.807) is 7.05 Å². The van der Waals surface area contributed by atoms with Crippen LogP contribution in [0.2, 0.25) is 0 Å². The van der Waals surface area contributed by atoms with Crippen molar-refractivity contribution in [1.29, 1.82) is 0 Å². The van der Waals surface area contributed by atoms with Crippen molar-refractivity contribution < 1.29 is 4.59 Å². The Kier molecular flexibility index (Phi) is 2.65. The Balaban J connectivity index is 3.75. The number of nitrogens with one attached hydrogen (secondary N) is 1. The number of hydrogen-bond acceptors (Lipinski definition) is 1. The summed E-state index contributed by atoms with van der Waals surface area (Å²) in [5, 5.41) is 0. The minimum absolute atomic E-state index is 0.711. The lowest BCUT2D eigenvalue weighted by Crippen LogP contribution is -2.50. The number of rotatable bonds is 1. The third-order valence-corrected chi connectivity index (χ3v) is 0.833. The minimum Gasteiger partial charge on any atom is -0.272 e. The summed E-state index contributed by atoms with van der Waals surface area (Å²) >= 11 is 0. The molecule has 0 heterocycles. The molecule has 0 spiro atoms. The van der Waals surface area contributed by atoms with Crippen LogP contribution in [0.1, 0.15) is 6.92 Å². The van der Waals surface area contributed by atoms with Gasteiger partial charge in [0.25, 0.3) is 0 Å². The van der Waals surface area contributed by atoms with Crippen molar-refractivity contribution in [3.05, 3.63) is 0 Å². The fourth-order valence-electron chi connectivity index (χ4n) is 0.535. The fourth-order valence-corrected chi connectivity index (χ4v) is 0.535. The van der Waals surface area contributed by atoms with Crippen molar-refractivity contribution in [3.63, 3.8) is 0 Å². The maximum Gasteiger partial charge on any atom is 0.142 e. The molecule has 0 saturated heterocycles. The quantitative estimate of drug-likeness (QED) is 0.234. The van der Waals surface area contributed by atoms with Crippen molar-refractivity contribution in [2.45, 2.75) is 6.92 Å². The van der Waals surface area contributed by atoms with E-state index in [0.29, 0.717) is 4.59 Å². The third kappa shape index (κ3) is 5.30. The van der Waals surface area contributed by atoms with E-state index in [9.17, 15) is 0 Å². The molecule has 54 valence electrons. The van der Waals surface area contributed by atoms with E-state index >= 15 is 0 Å². The van der Waals surface area contributed by atoms with Crippen LogP contribution in [0.15, 0.2) is 4.99 Å². The third-order valence-electron chi connectivity index (χ3n) is 0.833. The van der Waals surface area contributed by atoms with Gasteiger partial charge in [0.05, 0.1) is 21.1 Å². The Morgan fingerprint density at radius 3 is 1.89 bits per heavy atom. The Bertz CT molecular complexity index is 110. The van der Waals surface area contributed by atoms with Gasteiger partial charge in [0.1, 0.15) is 5.84 Å². The molecule has 0 radical (unpaired) electrons. The SMILES string of the molecule is CN=C(C)N[N+](C)(C)C. The van der Waals surface area contributed by atoms with Crippen LogP contribution in [0.3, 0.4) is 0 Å². The zero-order chi connectivity index (χ0) is 7.49. The Morgan fingerprint density at radius 2 is 1.78 bits per heavy atom. The molecule has 0 aliphatic rings. The zero-order valence-electron chi connectivity index (χ0n) is 6.89. The number of aliphatic imine (C=N–C) groups is 1. The summed E-state index contributed by atoms with van der Waals surface area (Å²) in [5.74, 6) is 0.961. The van der Waals surface area contributed by atoms with Crippen molar-refractivity contribution >= 4 is 5.84 Å². The molecule has 0 fully saturated rings. The first-order valence-corrected chi connectivity index (χ1v) is 2.99. The molecule has 0 aliphatic heterocycles. The molecule has 0 aromatic carbocycles. The molecule has 3 nitrogen and oxygen atoms in total. The lowest BCUT2D eigenvalue weighted by Gasteiger charge is -2.24. The molecule has 0 aromatic rings. The number of amidine groups is 1. The molecule has 0 bridgehead atoms. The molecule has 3 heteroatoms. The summed E-state index contributed by atoms with van der Waals surface area (Å²) in [6.07, 6.45) is 0. The second kappa shape index (κ2) is 2.82. The molecule has 1 N–H and O–H groups in total. The average Bonchev–Trinajstić information content (AvgIpc) is 1.62. The summed E-state index contributed by atoms with van der Waals surface area (Å²) in [6, 6.07) is 0. The van der Waals surface area contributed by atoms with Crippen LogP contribution in [-0.4, -0.2) is 38.6 Å². The van der Waals surface area contributed by atoms with Gasteiger partial charge in [-0.15, -0.1) is 0 Å². The van der Waals surface area contributed by atoms with Crippen molar-refractivity contribution in [2.24, 2.45) is 4.99 Å². The largest absolute Gasteiger partial charge is 0.272 e. The zero-order valence-corrected chi connectivity index (χ0v) is 6.89. The second-order valence-corrected chi connectivity index (χ2v) is 2.93. The van der Waals surface area contributed by atoms with Crippen LogP contribution in [0.5, 0.6) is 0 Å². The van der Waals surface area contributed by atoms with Gasteiger partial charge in [0.15, 0.2) is 0 Å². The van der Waals surface area contributed by atoms with E-state index in [-0.39, 0.29) is 0 Å². The fraction of sp³-hybridized carbons (Fsp3) is 0.833. The Hall–Kier alpha value is -0.570. The summed E-state index contributed by atoms with van der Waals surface area (Å²) in [4.78, 5) is 3.96. The molecule has 0 rings (SSSR count). The van der Waals surface area contributed by atoms with Crippen LogP contribution in [0.4, 0.5) is 0 Å². The monoisotopic (exact) mass is 130 g/mol. The number of quaternary nitrogens is 1. The highest BCUT2D eigenvalue weighted by molar-refractivity contribution is 5.78. The van der Waals surface area contributed by atoms with Crippen LogP contribution in [0.25, 0.3) is 0 Å². The van der Waals surface area contributed by atoms with Gasteiger partial charge in [0.2, 0.25) is 0 Å². The van der Waals surface area contributed by atoms with Gasteiger partial charge in [-0.3, -0.25) is 4.99 Å². The molecular weight excluding hydrogens is 114 g/mol. The molecule has 9 heavy (non-hydrogen) atoms. The van der Waals surface area contributed by atoms with Crippen LogP contribution in [0, 0.1) is 0 Å². The van der Waals surface area contributed by atoms with E-state index in [0.717, 1.165) is 5.84 Å². The predicted molar refractivity (Wildman–Crippen MR) is 40.2 cm³/mol. The first kappa shape index (κ1) is 8.43. The highest BCUT2D eigenvalue weighted by atomic mass is 15.6. The molecular formula is C6H16N3+. The van der Waals surface area contributed by atoms with E-state index in [2.05, 4.69) is 31.6 Å². The minimum atomic E-state index is 0.711. The Morgan fingerprint density at radius 1 is 1.33 bits per heavy atom. The second-order valence-electron chi connectivity index (χ2n) is 2.93. The first-order chi connectivity index (χ1) is 3.95. The molecule has 0 aliphatic carbocycles. The van der Waals surface area contributed by atoms with Gasteiger partial charge in [-0.25, -0.2) is 10.0 Å². The summed E-state index contributed by atoms with van der Waals surface area (Å²) < 4.78 is 0.711. The standard InChI is InChI=1S/C6H16N3/c1-6(7-2)8-9(3,4)5/h1-5H3,(H,7,8)/q+1. The smallest absolute Gasteiger partial charge is 0.142 e. The van der Waals surface area contributed by atoms with Gasteiger partial charge in [-0.2, -0.15) is 0 Å². The van der Waals surface area contributed by atoms with Crippen LogP contribution < -0.4 is 5.43 Å². The number of nitrogens with zero attached hydrogens (tertiary/aromatic N) is 2. The summed E-state index contributed by atoms with van der Waals surface area (Å²) in [5.41, 5.74) is 3.16. The van der Waals surface area contributed by atoms with Crippen LogP contribution in [-0.2, 0) is 0 Å². The summed E-state index contributed by atoms with van der Waals surface area (Å²) in [6.45, 7) is 1.95. The maximum absolute atomic E-state index is 3.96. The van der Waals surface area contributed by atoms with E-state index < -0.39 is 0 Å². The van der Waals surface area contributed by atoms with Crippen molar-refractivity contribution in [3.8, 4) is 0 Å². The maximum atomic E-state index is 3.96. The van der Waals surface area contributed by atoms with E-state index in [4.69, 9.17) is 0 Å². The molecule has 0 aromatic heterocycles. The van der Waals surface area contributed by atoms with Crippen molar-refractivity contribution in [2.75, 3.05) is 28.2 Å². The van der Waals surface area contributed by atoms with Crippen LogP contribution >= 0.6 is 0 Å². The van der Waals surface area contributed by atoms with Gasteiger partial charge < -0.3 is 0 Å². The summed E-state index contributed by atoms with van der Waals surface area (Å²) in [7, 11) is 7.93. The molecule has 0 atom stereocenters. The van der Waals surface area contributed by atoms with Gasteiger partial charge in [-0.05, 0) is 6.92 Å². The lowest BCUT2D eigenvalue weighted by molar-refractivity contribution is -0.904. The predicted octanol–water partition coefficient (Wildman–Crippen LogP) is 0.245. The molecule has 0 unspecified atom stereocenters. The van der Waals surface area contributed by atoms with Gasteiger partial charge >= 0.3 is 0 Å². The lowest BCUT2D eigenvalue weighted by atomic mass is 10.7. The van der Waals surface area contributed by atoms with Crippen molar-refractivity contribution in [1.82, 2.24) is 5.43 Å². The normalized spacial score (nSPS) is 13.7. The first-order valence-electron chi connectivity index (χ1n) is 2.99. The van der Waals surface area contributed by atoms with E-state index in [1.165, 1.54) is 0 Å². The van der Waals surface area contributed by atoms with E-state index in [1.807, 2.05) is 6.92 Å². The number of hydrogen-bond donors (Lipinski definition) is 1. The van der Waals surface area contributed by atoms with Gasteiger partial charge in [-0.1, -0.05) is 0 Å².